The van der Waals surface area contributed by atoms with Crippen LogP contribution in [0.5, 0.6) is 5.75 Å². The second-order valence-electron chi connectivity index (χ2n) is 8.56. The number of ether oxygens (including phenoxy) is 1. The van der Waals surface area contributed by atoms with E-state index in [4.69, 9.17) is 4.74 Å². The van der Waals surface area contributed by atoms with Crippen molar-refractivity contribution in [2.45, 2.75) is 19.4 Å². The number of fused-ring (bicyclic) bond motifs is 1. The third kappa shape index (κ3) is 4.13. The van der Waals surface area contributed by atoms with E-state index in [2.05, 4.69) is 10.00 Å². The molecule has 0 unspecified atom stereocenters. The predicted molar refractivity (Wildman–Crippen MR) is 127 cm³/mol. The molecule has 172 valence electrons. The number of hydrogen-bond donors (Lipinski definition) is 0. The minimum absolute atomic E-state index is 0.0168. The van der Waals surface area contributed by atoms with Crippen LogP contribution in [-0.4, -0.2) is 77.8 Å². The smallest absolute Gasteiger partial charge is 0.275 e. The highest BCUT2D eigenvalue weighted by atomic mass is 16.5. The van der Waals surface area contributed by atoms with E-state index >= 15 is 0 Å². The molecule has 5 rings (SSSR count). The Hall–Kier alpha value is -3.55. The fourth-order valence-electron chi connectivity index (χ4n) is 4.79. The fraction of sp³-hybridized carbons (Fsp3) is 0.400. The van der Waals surface area contributed by atoms with Crippen LogP contribution in [0.2, 0.25) is 0 Å². The van der Waals surface area contributed by atoms with Gasteiger partial charge in [-0.25, -0.2) is 0 Å². The molecule has 0 N–H and O–H groups in total. The zero-order valence-electron chi connectivity index (χ0n) is 18.9. The highest BCUT2D eigenvalue weighted by molar-refractivity contribution is 6.05. The maximum atomic E-state index is 13.1. The number of carbonyl (C=O) groups excluding carboxylic acids is 2. The van der Waals surface area contributed by atoms with Crippen LogP contribution in [0.4, 0.5) is 5.69 Å². The van der Waals surface area contributed by atoms with Crippen molar-refractivity contribution in [3.05, 3.63) is 54.2 Å². The highest BCUT2D eigenvalue weighted by Crippen LogP contribution is 2.28. The maximum Gasteiger partial charge on any atom is 0.275 e. The summed E-state index contributed by atoms with van der Waals surface area (Å²) in [6.45, 7) is 4.42. The van der Waals surface area contributed by atoms with Gasteiger partial charge in [-0.2, -0.15) is 5.10 Å². The van der Waals surface area contributed by atoms with Gasteiger partial charge in [-0.15, -0.1) is 0 Å². The minimum Gasteiger partial charge on any atom is -0.495 e. The van der Waals surface area contributed by atoms with E-state index in [1.807, 2.05) is 58.3 Å². The van der Waals surface area contributed by atoms with E-state index in [1.54, 1.807) is 11.8 Å². The van der Waals surface area contributed by atoms with Crippen molar-refractivity contribution >= 4 is 28.4 Å². The van der Waals surface area contributed by atoms with Crippen LogP contribution in [0.15, 0.2) is 48.5 Å². The van der Waals surface area contributed by atoms with Crippen molar-refractivity contribution < 1.29 is 14.3 Å². The molecule has 3 aromatic rings. The van der Waals surface area contributed by atoms with Crippen LogP contribution in [-0.2, 0) is 11.3 Å². The summed E-state index contributed by atoms with van der Waals surface area (Å²) in [6, 6.07) is 15.6. The van der Waals surface area contributed by atoms with Crippen molar-refractivity contribution in [2.75, 3.05) is 51.3 Å². The number of likely N-dealkylation sites (tertiary alicyclic amines) is 1. The molecule has 0 bridgehead atoms. The second-order valence-corrected chi connectivity index (χ2v) is 8.56. The molecular weight excluding hydrogens is 418 g/mol. The van der Waals surface area contributed by atoms with Crippen LogP contribution < -0.4 is 9.64 Å². The van der Waals surface area contributed by atoms with Gasteiger partial charge in [-0.3, -0.25) is 14.3 Å². The zero-order chi connectivity index (χ0) is 22.8. The van der Waals surface area contributed by atoms with Gasteiger partial charge in [0.25, 0.3) is 5.91 Å². The Balaban J connectivity index is 1.29. The van der Waals surface area contributed by atoms with Crippen LogP contribution in [0.1, 0.15) is 23.3 Å². The monoisotopic (exact) mass is 447 g/mol. The van der Waals surface area contributed by atoms with Crippen molar-refractivity contribution in [3.8, 4) is 5.75 Å². The first-order valence-electron chi connectivity index (χ1n) is 11.6. The van der Waals surface area contributed by atoms with E-state index in [-0.39, 0.29) is 18.4 Å². The molecule has 0 atom stereocenters. The number of benzene rings is 2. The largest absolute Gasteiger partial charge is 0.495 e. The average Bonchev–Trinajstić information content (AvgIpc) is 3.53. The molecule has 2 aliphatic heterocycles. The van der Waals surface area contributed by atoms with Crippen LogP contribution in [0.3, 0.4) is 0 Å². The molecule has 3 heterocycles. The number of piperazine rings is 1. The summed E-state index contributed by atoms with van der Waals surface area (Å²) < 4.78 is 7.17. The number of carbonyl (C=O) groups is 2. The number of nitrogens with zero attached hydrogens (tertiary/aromatic N) is 5. The molecule has 0 saturated carbocycles. The van der Waals surface area contributed by atoms with E-state index in [0.29, 0.717) is 18.8 Å². The lowest BCUT2D eigenvalue weighted by Gasteiger charge is -2.36. The highest BCUT2D eigenvalue weighted by Gasteiger charge is 2.27. The Morgan fingerprint density at radius 3 is 2.33 bits per heavy atom. The van der Waals surface area contributed by atoms with Gasteiger partial charge >= 0.3 is 0 Å². The molecule has 2 fully saturated rings. The number of amides is 2. The first-order valence-corrected chi connectivity index (χ1v) is 11.6. The van der Waals surface area contributed by atoms with Gasteiger partial charge in [0.1, 0.15) is 12.3 Å². The molecule has 2 aromatic carbocycles. The summed E-state index contributed by atoms with van der Waals surface area (Å²) in [7, 11) is 1.68. The third-order valence-electron chi connectivity index (χ3n) is 6.60. The van der Waals surface area contributed by atoms with Gasteiger partial charge in [0.2, 0.25) is 5.91 Å². The molecule has 2 amide bonds. The molecule has 2 aliphatic rings. The Morgan fingerprint density at radius 1 is 0.879 bits per heavy atom. The molecule has 8 nitrogen and oxygen atoms in total. The Bertz CT molecular complexity index is 1160. The molecule has 0 aliphatic carbocycles. The van der Waals surface area contributed by atoms with E-state index < -0.39 is 0 Å². The third-order valence-corrected chi connectivity index (χ3v) is 6.60. The lowest BCUT2D eigenvalue weighted by atomic mass is 10.2. The van der Waals surface area contributed by atoms with Gasteiger partial charge in [-0.05, 0) is 31.0 Å². The second kappa shape index (κ2) is 9.13. The number of hydrogen-bond acceptors (Lipinski definition) is 5. The fourth-order valence-corrected chi connectivity index (χ4v) is 4.79. The molecule has 0 radical (unpaired) electrons. The molecule has 8 heteroatoms. The van der Waals surface area contributed by atoms with Gasteiger partial charge < -0.3 is 19.4 Å². The molecule has 2 saturated heterocycles. The first kappa shape index (κ1) is 21.3. The molecule has 0 spiro atoms. The minimum atomic E-state index is -0.0414. The summed E-state index contributed by atoms with van der Waals surface area (Å²) in [5.41, 5.74) is 2.32. The van der Waals surface area contributed by atoms with Crippen molar-refractivity contribution in [1.82, 2.24) is 19.6 Å². The summed E-state index contributed by atoms with van der Waals surface area (Å²) in [6.07, 6.45) is 2.06. The molecule has 1 aromatic heterocycles. The van der Waals surface area contributed by atoms with Gasteiger partial charge in [0, 0.05) is 44.7 Å². The standard InChI is InChI=1S/C25H29N5O3/c1-33-22-11-5-4-10-21(22)27-14-16-28(17-15-27)23(31)18-30-20-9-3-2-8-19(20)24(26-30)25(32)29-12-6-7-13-29/h2-5,8-11H,6-7,12-18H2,1H3. The lowest BCUT2D eigenvalue weighted by Crippen LogP contribution is -2.49. The van der Waals surface area contributed by atoms with Crippen molar-refractivity contribution in [3.63, 3.8) is 0 Å². The van der Waals surface area contributed by atoms with Crippen LogP contribution >= 0.6 is 0 Å². The summed E-state index contributed by atoms with van der Waals surface area (Å²) >= 11 is 0. The number of rotatable bonds is 5. The Morgan fingerprint density at radius 2 is 1.58 bits per heavy atom. The topological polar surface area (TPSA) is 70.9 Å². The summed E-state index contributed by atoms with van der Waals surface area (Å²) in [5.74, 6) is 0.818. The number of para-hydroxylation sites is 3. The number of methoxy groups -OCH3 is 1. The zero-order valence-corrected chi connectivity index (χ0v) is 18.9. The van der Waals surface area contributed by atoms with E-state index in [9.17, 15) is 9.59 Å². The number of aromatic nitrogens is 2. The molecular formula is C25H29N5O3. The quantitative estimate of drug-likeness (QED) is 0.601. The summed E-state index contributed by atoms with van der Waals surface area (Å²) in [4.78, 5) is 32.2. The van der Waals surface area contributed by atoms with Gasteiger partial charge in [-0.1, -0.05) is 30.3 Å². The predicted octanol–water partition coefficient (Wildman–Crippen LogP) is 2.63. The summed E-state index contributed by atoms with van der Waals surface area (Å²) in [5, 5.41) is 5.41. The average molecular weight is 448 g/mol. The first-order chi connectivity index (χ1) is 16.2. The maximum absolute atomic E-state index is 13.1. The van der Waals surface area contributed by atoms with Gasteiger partial charge in [0.15, 0.2) is 5.69 Å². The van der Waals surface area contributed by atoms with Crippen LogP contribution in [0, 0.1) is 0 Å². The normalized spacial score (nSPS) is 16.5. The lowest BCUT2D eigenvalue weighted by molar-refractivity contribution is -0.132. The van der Waals surface area contributed by atoms with Crippen molar-refractivity contribution in [2.24, 2.45) is 0 Å². The number of anilines is 1. The Kier molecular flexibility index (Phi) is 5.90. The Labute approximate surface area is 193 Å². The van der Waals surface area contributed by atoms with Gasteiger partial charge in [0.05, 0.1) is 18.3 Å². The van der Waals surface area contributed by atoms with E-state index in [0.717, 1.165) is 61.4 Å². The van der Waals surface area contributed by atoms with E-state index in [1.165, 1.54) is 0 Å². The molecule has 33 heavy (non-hydrogen) atoms. The SMILES string of the molecule is COc1ccccc1N1CCN(C(=O)Cn2nc(C(=O)N3CCCC3)c3ccccc32)CC1. The van der Waals surface area contributed by atoms with Crippen LogP contribution in [0.25, 0.3) is 10.9 Å². The van der Waals surface area contributed by atoms with Crippen molar-refractivity contribution in [1.29, 1.82) is 0 Å².